The van der Waals surface area contributed by atoms with E-state index in [0.29, 0.717) is 12.1 Å². The van der Waals surface area contributed by atoms with Gasteiger partial charge in [-0.3, -0.25) is 10.1 Å². The van der Waals surface area contributed by atoms with E-state index in [2.05, 4.69) is 0 Å². The second-order valence-electron chi connectivity index (χ2n) is 3.76. The van der Waals surface area contributed by atoms with Crippen LogP contribution in [0.25, 0.3) is 0 Å². The second kappa shape index (κ2) is 5.06. The molecule has 86 valence electrons. The molecule has 0 saturated carbocycles. The molecule has 0 aliphatic rings. The highest BCUT2D eigenvalue weighted by Crippen LogP contribution is 2.17. The predicted octanol–water partition coefficient (Wildman–Crippen LogP) is -0.664. The van der Waals surface area contributed by atoms with Crippen molar-refractivity contribution in [2.24, 2.45) is 0 Å². The molecule has 0 atom stereocenters. The fourth-order valence-corrected chi connectivity index (χ4v) is 1.39. The van der Waals surface area contributed by atoms with E-state index in [9.17, 15) is 10.1 Å². The van der Waals surface area contributed by atoms with Crippen LogP contribution in [0.2, 0.25) is 0 Å². The van der Waals surface area contributed by atoms with Gasteiger partial charge in [0.1, 0.15) is 0 Å². The summed E-state index contributed by atoms with van der Waals surface area (Å²) in [5.41, 5.74) is 0.563. The van der Waals surface area contributed by atoms with Crippen LogP contribution >= 0.6 is 0 Å². The molecule has 0 heterocycles. The molecule has 0 spiro atoms. The molecule has 1 rings (SSSR count). The molecule has 0 aromatic heterocycles. The lowest BCUT2D eigenvalue weighted by Crippen LogP contribution is -2.30. The van der Waals surface area contributed by atoms with Gasteiger partial charge in [0.05, 0.1) is 4.92 Å². The molecule has 0 saturated heterocycles. The number of nitrogens with zero attached hydrogens (tertiary/aromatic N) is 2. The number of benzene rings is 1. The number of hydrogen-bond acceptors (Lipinski definition) is 5. The van der Waals surface area contributed by atoms with E-state index < -0.39 is 12.0 Å². The van der Waals surface area contributed by atoms with Crippen molar-refractivity contribution in [2.75, 3.05) is 14.1 Å². The number of hydrogen-bond donors (Lipinski definition) is 2. The van der Waals surface area contributed by atoms with Crippen LogP contribution in [0, 0.1) is 10.1 Å². The van der Waals surface area contributed by atoms with E-state index in [0.717, 1.165) is 0 Å². The van der Waals surface area contributed by atoms with Gasteiger partial charge in [-0.05, 0) is 19.6 Å². The maximum Gasteiger partial charge on any atom is 0.488 e. The van der Waals surface area contributed by atoms with Crippen LogP contribution in [0.3, 0.4) is 0 Å². The van der Waals surface area contributed by atoms with E-state index in [1.165, 1.54) is 18.2 Å². The number of nitro benzene ring substituents is 1. The van der Waals surface area contributed by atoms with E-state index in [1.807, 2.05) is 0 Å². The van der Waals surface area contributed by atoms with Crippen LogP contribution in [-0.4, -0.2) is 41.1 Å². The molecule has 0 aliphatic heterocycles. The lowest BCUT2D eigenvalue weighted by molar-refractivity contribution is -0.385. The van der Waals surface area contributed by atoms with Crippen molar-refractivity contribution in [3.05, 3.63) is 33.9 Å². The maximum atomic E-state index is 10.8. The molecule has 7 heteroatoms. The van der Waals surface area contributed by atoms with Crippen LogP contribution in [0.1, 0.15) is 5.56 Å². The standard InChI is InChI=1S/C9H13BN2O4/c1-11(2)6-7-3-4-8(10(13)14)5-9(7)12(15)16/h3-5,13-14H,6H2,1-2H3. The van der Waals surface area contributed by atoms with Gasteiger partial charge in [0, 0.05) is 18.2 Å². The average molecular weight is 224 g/mol. The third-order valence-corrected chi connectivity index (χ3v) is 2.09. The normalized spacial score (nSPS) is 10.6. The van der Waals surface area contributed by atoms with E-state index in [4.69, 9.17) is 10.0 Å². The molecule has 0 fully saturated rings. The van der Waals surface area contributed by atoms with Gasteiger partial charge in [0.2, 0.25) is 0 Å². The summed E-state index contributed by atoms with van der Waals surface area (Å²) in [5, 5.41) is 28.7. The third-order valence-electron chi connectivity index (χ3n) is 2.09. The largest absolute Gasteiger partial charge is 0.488 e. The summed E-state index contributed by atoms with van der Waals surface area (Å²) in [6.07, 6.45) is 0. The first-order chi connectivity index (χ1) is 7.41. The molecule has 2 N–H and O–H groups in total. The van der Waals surface area contributed by atoms with Crippen LogP contribution < -0.4 is 5.46 Å². The summed E-state index contributed by atoms with van der Waals surface area (Å²) >= 11 is 0. The van der Waals surface area contributed by atoms with Crippen LogP contribution in [0.4, 0.5) is 5.69 Å². The monoisotopic (exact) mass is 224 g/mol. The molecule has 1 aromatic rings. The summed E-state index contributed by atoms with van der Waals surface area (Å²) in [4.78, 5) is 12.1. The first-order valence-corrected chi connectivity index (χ1v) is 4.70. The molecule has 0 unspecified atom stereocenters. The minimum absolute atomic E-state index is 0.0979. The second-order valence-corrected chi connectivity index (χ2v) is 3.76. The van der Waals surface area contributed by atoms with Crippen molar-refractivity contribution in [2.45, 2.75) is 6.54 Å². The van der Waals surface area contributed by atoms with Crippen molar-refractivity contribution in [1.29, 1.82) is 0 Å². The van der Waals surface area contributed by atoms with E-state index >= 15 is 0 Å². The summed E-state index contributed by atoms with van der Waals surface area (Å²) < 4.78 is 0. The third kappa shape index (κ3) is 3.03. The van der Waals surface area contributed by atoms with Gasteiger partial charge in [-0.15, -0.1) is 0 Å². The van der Waals surface area contributed by atoms with E-state index in [-0.39, 0.29) is 11.2 Å². The van der Waals surface area contributed by atoms with Crippen LogP contribution in [0.5, 0.6) is 0 Å². The zero-order chi connectivity index (χ0) is 12.3. The Bertz CT molecular complexity index is 395. The minimum atomic E-state index is -1.69. The zero-order valence-electron chi connectivity index (χ0n) is 9.12. The molecule has 16 heavy (non-hydrogen) atoms. The Kier molecular flexibility index (Phi) is 4.00. The Hall–Kier alpha value is -1.44. The summed E-state index contributed by atoms with van der Waals surface area (Å²) in [6, 6.07) is 4.19. The van der Waals surface area contributed by atoms with Gasteiger partial charge in [-0.1, -0.05) is 12.1 Å². The smallest absolute Gasteiger partial charge is 0.423 e. The lowest BCUT2D eigenvalue weighted by atomic mass is 9.79. The fourth-order valence-electron chi connectivity index (χ4n) is 1.39. The molecule has 0 radical (unpaired) electrons. The molecule has 0 bridgehead atoms. The van der Waals surface area contributed by atoms with Gasteiger partial charge in [0.25, 0.3) is 5.69 Å². The van der Waals surface area contributed by atoms with E-state index in [1.54, 1.807) is 19.0 Å². The Morgan fingerprint density at radius 1 is 1.44 bits per heavy atom. The van der Waals surface area contributed by atoms with Crippen molar-refractivity contribution in [1.82, 2.24) is 4.90 Å². The highest BCUT2D eigenvalue weighted by molar-refractivity contribution is 6.58. The lowest BCUT2D eigenvalue weighted by Gasteiger charge is -2.10. The zero-order valence-corrected chi connectivity index (χ0v) is 9.12. The molecule has 0 amide bonds. The van der Waals surface area contributed by atoms with Crippen molar-refractivity contribution in [3.63, 3.8) is 0 Å². The van der Waals surface area contributed by atoms with Crippen molar-refractivity contribution >= 4 is 18.3 Å². The topological polar surface area (TPSA) is 86.8 Å². The average Bonchev–Trinajstić information content (AvgIpc) is 2.16. The predicted molar refractivity (Wildman–Crippen MR) is 60.3 cm³/mol. The minimum Gasteiger partial charge on any atom is -0.423 e. The summed E-state index contributed by atoms with van der Waals surface area (Å²) in [6.45, 7) is 0.429. The molecule has 6 nitrogen and oxygen atoms in total. The molecular formula is C9H13BN2O4. The number of rotatable bonds is 4. The Balaban J connectivity index is 3.14. The molecular weight excluding hydrogens is 211 g/mol. The highest BCUT2D eigenvalue weighted by atomic mass is 16.6. The van der Waals surface area contributed by atoms with Gasteiger partial charge in [-0.2, -0.15) is 0 Å². The first kappa shape index (κ1) is 12.6. The van der Waals surface area contributed by atoms with Crippen molar-refractivity contribution < 1.29 is 15.0 Å². The van der Waals surface area contributed by atoms with Gasteiger partial charge in [-0.25, -0.2) is 0 Å². The van der Waals surface area contributed by atoms with Crippen LogP contribution in [0.15, 0.2) is 18.2 Å². The van der Waals surface area contributed by atoms with Gasteiger partial charge >= 0.3 is 7.12 Å². The maximum absolute atomic E-state index is 10.8. The fraction of sp³-hybridized carbons (Fsp3) is 0.333. The van der Waals surface area contributed by atoms with Crippen molar-refractivity contribution in [3.8, 4) is 0 Å². The Morgan fingerprint density at radius 2 is 2.06 bits per heavy atom. The Morgan fingerprint density at radius 3 is 2.50 bits per heavy atom. The summed E-state index contributed by atoms with van der Waals surface area (Å²) in [5.74, 6) is 0. The van der Waals surface area contributed by atoms with Crippen LogP contribution in [-0.2, 0) is 6.54 Å². The number of nitro groups is 1. The summed E-state index contributed by atoms with van der Waals surface area (Å²) in [7, 11) is 1.92. The quantitative estimate of drug-likeness (QED) is 0.402. The molecule has 1 aromatic carbocycles. The first-order valence-electron chi connectivity index (χ1n) is 4.70. The SMILES string of the molecule is CN(C)Cc1ccc(B(O)O)cc1[N+](=O)[O-]. The van der Waals surface area contributed by atoms with Gasteiger partial charge < -0.3 is 14.9 Å². The molecule has 0 aliphatic carbocycles. The Labute approximate surface area is 93.4 Å². The van der Waals surface area contributed by atoms with Gasteiger partial charge in [0.15, 0.2) is 0 Å². The highest BCUT2D eigenvalue weighted by Gasteiger charge is 2.19.